The predicted octanol–water partition coefficient (Wildman–Crippen LogP) is 1.64. The van der Waals surface area contributed by atoms with Crippen LogP contribution >= 0.6 is 0 Å². The number of likely N-dealkylation sites (tertiary alicyclic amines) is 1. The molecule has 90 valence electrons. The minimum Gasteiger partial charge on any atom is -0.392 e. The molecule has 1 heterocycles. The first-order valence-corrected chi connectivity index (χ1v) is 4.57. The summed E-state index contributed by atoms with van der Waals surface area (Å²) in [6, 6.07) is 0. The lowest BCUT2D eigenvalue weighted by Crippen LogP contribution is -2.39. The lowest BCUT2D eigenvalue weighted by Gasteiger charge is -2.22. The van der Waals surface area contributed by atoms with Crippen molar-refractivity contribution in [2.75, 3.05) is 19.6 Å². The first-order valence-electron chi connectivity index (χ1n) is 4.57. The van der Waals surface area contributed by atoms with Gasteiger partial charge in [-0.05, 0) is 6.42 Å². The van der Waals surface area contributed by atoms with Crippen LogP contribution in [0.3, 0.4) is 0 Å². The Morgan fingerprint density at radius 2 is 1.80 bits per heavy atom. The standard InChI is InChI=1S/C8H12F5NO/c9-7(10,8(11,12)13)2-4-14-3-1-6(15)5-14/h6,15H,1-5H2/t6-/m1/s1. The van der Waals surface area contributed by atoms with Gasteiger partial charge in [0.2, 0.25) is 0 Å². The summed E-state index contributed by atoms with van der Waals surface area (Å²) in [6.45, 7) is 0.201. The zero-order valence-corrected chi connectivity index (χ0v) is 7.90. The molecule has 0 radical (unpaired) electrons. The first kappa shape index (κ1) is 12.6. The quantitative estimate of drug-likeness (QED) is 0.749. The molecule has 1 aliphatic rings. The fraction of sp³-hybridized carbons (Fsp3) is 1.00. The van der Waals surface area contributed by atoms with Crippen molar-refractivity contribution in [3.8, 4) is 0 Å². The molecule has 0 aromatic carbocycles. The molecule has 0 aromatic heterocycles. The van der Waals surface area contributed by atoms with E-state index >= 15 is 0 Å². The molecule has 7 heteroatoms. The Labute approximate surface area is 83.7 Å². The predicted molar refractivity (Wildman–Crippen MR) is 42.7 cm³/mol. The Bertz CT molecular complexity index is 218. The molecule has 0 saturated carbocycles. The third-order valence-corrected chi connectivity index (χ3v) is 2.40. The van der Waals surface area contributed by atoms with Crippen molar-refractivity contribution in [3.63, 3.8) is 0 Å². The molecule has 1 atom stereocenters. The SMILES string of the molecule is O[C@@H]1CCN(CCC(F)(F)C(F)(F)F)C1. The van der Waals surface area contributed by atoms with Crippen molar-refractivity contribution in [2.24, 2.45) is 0 Å². The number of nitrogens with zero attached hydrogens (tertiary/aromatic N) is 1. The van der Waals surface area contributed by atoms with E-state index in [1.54, 1.807) is 0 Å². The zero-order valence-electron chi connectivity index (χ0n) is 7.90. The van der Waals surface area contributed by atoms with E-state index in [4.69, 9.17) is 5.11 Å². The van der Waals surface area contributed by atoms with Crippen molar-refractivity contribution < 1.29 is 27.1 Å². The lowest BCUT2D eigenvalue weighted by atomic mass is 10.2. The van der Waals surface area contributed by atoms with Gasteiger partial charge in [0.15, 0.2) is 0 Å². The Kier molecular flexibility index (Phi) is 3.55. The van der Waals surface area contributed by atoms with Gasteiger partial charge in [0.1, 0.15) is 0 Å². The molecule has 2 nitrogen and oxygen atoms in total. The van der Waals surface area contributed by atoms with Crippen LogP contribution in [0.15, 0.2) is 0 Å². The van der Waals surface area contributed by atoms with E-state index < -0.39 is 24.6 Å². The molecule has 0 aromatic rings. The highest BCUT2D eigenvalue weighted by Gasteiger charge is 2.56. The van der Waals surface area contributed by atoms with Crippen LogP contribution in [0.2, 0.25) is 0 Å². The maximum atomic E-state index is 12.5. The van der Waals surface area contributed by atoms with Gasteiger partial charge in [0.25, 0.3) is 0 Å². The average Bonchev–Trinajstić information content (AvgIpc) is 2.46. The summed E-state index contributed by atoms with van der Waals surface area (Å²) in [4.78, 5) is 1.41. The van der Waals surface area contributed by atoms with E-state index in [0.717, 1.165) is 0 Å². The van der Waals surface area contributed by atoms with E-state index in [2.05, 4.69) is 0 Å². The first-order chi connectivity index (χ1) is 6.72. The normalized spacial score (nSPS) is 24.8. The van der Waals surface area contributed by atoms with Crippen LogP contribution in [0, 0.1) is 0 Å². The van der Waals surface area contributed by atoms with Gasteiger partial charge in [-0.1, -0.05) is 0 Å². The van der Waals surface area contributed by atoms with Crippen molar-refractivity contribution in [2.45, 2.75) is 31.0 Å². The molecule has 0 unspecified atom stereocenters. The van der Waals surface area contributed by atoms with Crippen molar-refractivity contribution in [3.05, 3.63) is 0 Å². The molecule has 15 heavy (non-hydrogen) atoms. The van der Waals surface area contributed by atoms with Gasteiger partial charge in [-0.15, -0.1) is 0 Å². The Balaban J connectivity index is 2.36. The minimum atomic E-state index is -5.48. The highest BCUT2D eigenvalue weighted by atomic mass is 19.4. The fourth-order valence-electron chi connectivity index (χ4n) is 1.46. The van der Waals surface area contributed by atoms with Gasteiger partial charge in [-0.2, -0.15) is 22.0 Å². The number of β-amino-alcohol motifs (C(OH)–C–C–N with tert-alkyl or cyclic N) is 1. The lowest BCUT2D eigenvalue weighted by molar-refractivity contribution is -0.284. The minimum absolute atomic E-state index is 0.175. The summed E-state index contributed by atoms with van der Waals surface area (Å²) in [7, 11) is 0. The molecule has 0 amide bonds. The second-order valence-corrected chi connectivity index (χ2v) is 3.70. The van der Waals surface area contributed by atoms with Crippen LogP contribution < -0.4 is 0 Å². The number of hydrogen-bond acceptors (Lipinski definition) is 2. The maximum Gasteiger partial charge on any atom is 0.453 e. The van der Waals surface area contributed by atoms with E-state index in [0.29, 0.717) is 13.0 Å². The number of rotatable bonds is 3. The van der Waals surface area contributed by atoms with Gasteiger partial charge in [0.05, 0.1) is 6.10 Å². The second-order valence-electron chi connectivity index (χ2n) is 3.70. The number of halogens is 5. The number of hydrogen-bond donors (Lipinski definition) is 1. The van der Waals surface area contributed by atoms with Crippen LogP contribution in [0.25, 0.3) is 0 Å². The number of alkyl halides is 5. The van der Waals surface area contributed by atoms with E-state index in [9.17, 15) is 22.0 Å². The third-order valence-electron chi connectivity index (χ3n) is 2.40. The molecular weight excluding hydrogens is 221 g/mol. The largest absolute Gasteiger partial charge is 0.453 e. The summed E-state index contributed by atoms with van der Waals surface area (Å²) in [5.41, 5.74) is 0. The van der Waals surface area contributed by atoms with Crippen molar-refractivity contribution >= 4 is 0 Å². The Morgan fingerprint density at radius 3 is 2.20 bits per heavy atom. The second kappa shape index (κ2) is 4.21. The summed E-state index contributed by atoms with van der Waals surface area (Å²) in [6.07, 6.45) is -6.91. The summed E-state index contributed by atoms with van der Waals surface area (Å²) in [5.74, 6) is -4.64. The van der Waals surface area contributed by atoms with Crippen LogP contribution in [-0.2, 0) is 0 Å². The van der Waals surface area contributed by atoms with Crippen molar-refractivity contribution in [1.29, 1.82) is 0 Å². The molecular formula is C8H12F5NO. The van der Waals surface area contributed by atoms with Gasteiger partial charge >= 0.3 is 12.1 Å². The Hall–Kier alpha value is -0.430. The molecule has 1 fully saturated rings. The zero-order chi connectivity index (χ0) is 11.7. The van der Waals surface area contributed by atoms with Gasteiger partial charge in [-0.3, -0.25) is 0 Å². The topological polar surface area (TPSA) is 23.5 Å². The van der Waals surface area contributed by atoms with Crippen LogP contribution in [0.4, 0.5) is 22.0 Å². The summed E-state index contributed by atoms with van der Waals surface area (Å²) < 4.78 is 60.2. The molecule has 1 aliphatic heterocycles. The molecule has 1 saturated heterocycles. The monoisotopic (exact) mass is 233 g/mol. The van der Waals surface area contributed by atoms with E-state index in [1.807, 2.05) is 0 Å². The molecule has 0 aliphatic carbocycles. The third kappa shape index (κ3) is 3.27. The van der Waals surface area contributed by atoms with Crippen LogP contribution in [0.1, 0.15) is 12.8 Å². The number of aliphatic hydroxyl groups is 1. The summed E-state index contributed by atoms with van der Waals surface area (Å²) in [5, 5.41) is 9.04. The summed E-state index contributed by atoms with van der Waals surface area (Å²) >= 11 is 0. The van der Waals surface area contributed by atoms with E-state index in [1.165, 1.54) is 4.90 Å². The van der Waals surface area contributed by atoms with Gasteiger partial charge in [0, 0.05) is 26.1 Å². The smallest absolute Gasteiger partial charge is 0.392 e. The fourth-order valence-corrected chi connectivity index (χ4v) is 1.46. The maximum absolute atomic E-state index is 12.5. The van der Waals surface area contributed by atoms with Gasteiger partial charge in [-0.25, -0.2) is 0 Å². The molecule has 1 rings (SSSR count). The van der Waals surface area contributed by atoms with Crippen LogP contribution in [0.5, 0.6) is 0 Å². The van der Waals surface area contributed by atoms with Gasteiger partial charge < -0.3 is 10.0 Å². The van der Waals surface area contributed by atoms with Crippen LogP contribution in [-0.4, -0.2) is 47.8 Å². The van der Waals surface area contributed by atoms with E-state index in [-0.39, 0.29) is 13.1 Å². The average molecular weight is 233 g/mol. The van der Waals surface area contributed by atoms with Crippen molar-refractivity contribution in [1.82, 2.24) is 4.90 Å². The molecule has 0 bridgehead atoms. The highest BCUT2D eigenvalue weighted by molar-refractivity contribution is 4.80. The molecule has 1 N–H and O–H groups in total. The molecule has 0 spiro atoms. The Morgan fingerprint density at radius 1 is 1.20 bits per heavy atom. The highest BCUT2D eigenvalue weighted by Crippen LogP contribution is 2.38. The number of aliphatic hydroxyl groups excluding tert-OH is 1.